The number of methoxy groups -OCH3 is 1. The molecule has 26 heavy (non-hydrogen) atoms. The number of rotatable bonds is 5. The number of benzene rings is 2. The summed E-state index contributed by atoms with van der Waals surface area (Å²) in [5, 5.41) is 3.56. The lowest BCUT2D eigenvalue weighted by atomic mass is 10.00. The SMILES string of the molecule is COc1ccc(Cl)cc1CNC(=O)CN1CCCc2c(N)cccc21.Cl. The summed E-state index contributed by atoms with van der Waals surface area (Å²) >= 11 is 6.03. The summed E-state index contributed by atoms with van der Waals surface area (Å²) in [5.74, 6) is 0.665. The topological polar surface area (TPSA) is 67.6 Å². The third-order valence-corrected chi connectivity index (χ3v) is 4.67. The highest BCUT2D eigenvalue weighted by atomic mass is 35.5. The maximum absolute atomic E-state index is 12.4. The van der Waals surface area contributed by atoms with Gasteiger partial charge in [0.2, 0.25) is 5.91 Å². The minimum atomic E-state index is -0.0442. The minimum absolute atomic E-state index is 0. The molecule has 0 unspecified atom stereocenters. The van der Waals surface area contributed by atoms with Crippen molar-refractivity contribution in [3.63, 3.8) is 0 Å². The summed E-state index contributed by atoms with van der Waals surface area (Å²) in [6.45, 7) is 1.53. The number of nitrogens with zero attached hydrogens (tertiary/aromatic N) is 1. The Bertz CT molecular complexity index is 783. The molecule has 3 N–H and O–H groups in total. The second kappa shape index (κ2) is 9.01. The first-order chi connectivity index (χ1) is 12.1. The molecule has 7 heteroatoms. The molecule has 1 amide bonds. The molecule has 0 aromatic heterocycles. The molecule has 5 nitrogen and oxygen atoms in total. The van der Waals surface area contributed by atoms with Gasteiger partial charge in [0.1, 0.15) is 5.75 Å². The Morgan fingerprint density at radius 1 is 1.35 bits per heavy atom. The van der Waals surface area contributed by atoms with Crippen molar-refractivity contribution < 1.29 is 9.53 Å². The number of hydrogen-bond donors (Lipinski definition) is 2. The standard InChI is InChI=1S/C19H22ClN3O2.ClH/c1-25-18-8-7-14(20)10-13(18)11-22-19(24)12-23-9-3-4-15-16(21)5-2-6-17(15)23;/h2,5-8,10H,3-4,9,11-12,21H2,1H3,(H,22,24);1H. The first-order valence-electron chi connectivity index (χ1n) is 8.30. The fourth-order valence-electron chi connectivity index (χ4n) is 3.20. The number of anilines is 2. The zero-order valence-corrected chi connectivity index (χ0v) is 16.2. The van der Waals surface area contributed by atoms with Gasteiger partial charge >= 0.3 is 0 Å². The number of nitrogens with two attached hydrogens (primary N) is 1. The Balaban J connectivity index is 0.00000243. The molecule has 1 heterocycles. The monoisotopic (exact) mass is 395 g/mol. The summed E-state index contributed by atoms with van der Waals surface area (Å²) in [6, 6.07) is 11.2. The van der Waals surface area contributed by atoms with E-state index in [2.05, 4.69) is 10.2 Å². The van der Waals surface area contributed by atoms with Gasteiger partial charge in [0.25, 0.3) is 0 Å². The van der Waals surface area contributed by atoms with E-state index in [0.29, 0.717) is 23.9 Å². The van der Waals surface area contributed by atoms with E-state index in [-0.39, 0.29) is 18.3 Å². The molecule has 0 saturated carbocycles. The highest BCUT2D eigenvalue weighted by molar-refractivity contribution is 6.30. The van der Waals surface area contributed by atoms with E-state index >= 15 is 0 Å². The van der Waals surface area contributed by atoms with Crippen LogP contribution in [0.1, 0.15) is 17.5 Å². The average Bonchev–Trinajstić information content (AvgIpc) is 2.61. The molecule has 3 rings (SSSR count). The van der Waals surface area contributed by atoms with Crippen molar-refractivity contribution in [3.05, 3.63) is 52.5 Å². The number of nitrogens with one attached hydrogen (secondary N) is 1. The summed E-state index contributed by atoms with van der Waals surface area (Å²) in [5.41, 5.74) is 9.91. The van der Waals surface area contributed by atoms with Crippen LogP contribution in [-0.2, 0) is 17.8 Å². The van der Waals surface area contributed by atoms with Crippen LogP contribution in [0.3, 0.4) is 0 Å². The van der Waals surface area contributed by atoms with Gasteiger partial charge < -0.3 is 20.7 Å². The molecule has 0 radical (unpaired) electrons. The number of carbonyl (C=O) groups is 1. The number of nitrogen functional groups attached to an aromatic ring is 1. The lowest BCUT2D eigenvalue weighted by molar-refractivity contribution is -0.119. The number of ether oxygens (including phenoxy) is 1. The van der Waals surface area contributed by atoms with Gasteiger partial charge in [-0.2, -0.15) is 0 Å². The fraction of sp³-hybridized carbons (Fsp3) is 0.316. The summed E-state index contributed by atoms with van der Waals surface area (Å²) < 4.78 is 5.31. The van der Waals surface area contributed by atoms with E-state index in [1.54, 1.807) is 25.3 Å². The molecule has 2 aromatic carbocycles. The Labute approximate surface area is 164 Å². The number of fused-ring (bicyclic) bond motifs is 1. The first kappa shape index (κ1) is 20.2. The Kier molecular flexibility index (Phi) is 7.00. The molecule has 1 aliphatic heterocycles. The maximum Gasteiger partial charge on any atom is 0.239 e. The van der Waals surface area contributed by atoms with Gasteiger partial charge in [0.05, 0.1) is 13.7 Å². The van der Waals surface area contributed by atoms with E-state index in [1.807, 2.05) is 18.2 Å². The van der Waals surface area contributed by atoms with Crippen LogP contribution < -0.4 is 20.7 Å². The van der Waals surface area contributed by atoms with Crippen LogP contribution in [0, 0.1) is 0 Å². The smallest absolute Gasteiger partial charge is 0.239 e. The Morgan fingerprint density at radius 3 is 2.92 bits per heavy atom. The molecule has 0 spiro atoms. The van der Waals surface area contributed by atoms with E-state index in [4.69, 9.17) is 22.1 Å². The third kappa shape index (κ3) is 4.54. The van der Waals surface area contributed by atoms with Gasteiger partial charge in [-0.3, -0.25) is 4.79 Å². The van der Waals surface area contributed by atoms with Crippen molar-refractivity contribution in [2.45, 2.75) is 19.4 Å². The number of amides is 1. The van der Waals surface area contributed by atoms with Crippen LogP contribution in [0.25, 0.3) is 0 Å². The number of halogens is 2. The van der Waals surface area contributed by atoms with E-state index in [0.717, 1.165) is 41.9 Å². The van der Waals surface area contributed by atoms with Crippen molar-refractivity contribution >= 4 is 41.3 Å². The van der Waals surface area contributed by atoms with Gasteiger partial charge in [-0.05, 0) is 48.7 Å². The second-order valence-electron chi connectivity index (χ2n) is 6.10. The third-order valence-electron chi connectivity index (χ3n) is 4.44. The summed E-state index contributed by atoms with van der Waals surface area (Å²) in [6.07, 6.45) is 1.95. The maximum atomic E-state index is 12.4. The number of hydrogen-bond acceptors (Lipinski definition) is 4. The van der Waals surface area contributed by atoms with Gasteiger partial charge in [-0.25, -0.2) is 0 Å². The molecular weight excluding hydrogens is 373 g/mol. The molecule has 0 bridgehead atoms. The molecular formula is C19H23Cl2N3O2. The molecule has 0 fully saturated rings. The van der Waals surface area contributed by atoms with Crippen LogP contribution in [0.15, 0.2) is 36.4 Å². The van der Waals surface area contributed by atoms with Gasteiger partial charge in [-0.1, -0.05) is 17.7 Å². The fourth-order valence-corrected chi connectivity index (χ4v) is 3.40. The quantitative estimate of drug-likeness (QED) is 0.760. The highest BCUT2D eigenvalue weighted by Crippen LogP contribution is 2.31. The van der Waals surface area contributed by atoms with Gasteiger partial charge in [0.15, 0.2) is 0 Å². The van der Waals surface area contributed by atoms with Crippen molar-refractivity contribution in [1.29, 1.82) is 0 Å². The zero-order valence-electron chi connectivity index (χ0n) is 14.6. The number of carbonyl (C=O) groups excluding carboxylic acids is 1. The zero-order chi connectivity index (χ0) is 17.8. The molecule has 1 aliphatic rings. The lowest BCUT2D eigenvalue weighted by Crippen LogP contribution is -2.39. The van der Waals surface area contributed by atoms with Crippen molar-refractivity contribution in [1.82, 2.24) is 5.32 Å². The van der Waals surface area contributed by atoms with Gasteiger partial charge in [0, 0.05) is 35.1 Å². The average molecular weight is 396 g/mol. The molecule has 0 aliphatic carbocycles. The molecule has 2 aromatic rings. The highest BCUT2D eigenvalue weighted by Gasteiger charge is 2.20. The Hall–Kier alpha value is -2.11. The predicted molar refractivity (Wildman–Crippen MR) is 108 cm³/mol. The van der Waals surface area contributed by atoms with E-state index in [1.165, 1.54) is 0 Å². The lowest BCUT2D eigenvalue weighted by Gasteiger charge is -2.31. The van der Waals surface area contributed by atoms with Crippen molar-refractivity contribution in [2.24, 2.45) is 0 Å². The van der Waals surface area contributed by atoms with Gasteiger partial charge in [-0.15, -0.1) is 12.4 Å². The molecule has 0 atom stereocenters. The van der Waals surface area contributed by atoms with Crippen LogP contribution >= 0.6 is 24.0 Å². The van der Waals surface area contributed by atoms with E-state index in [9.17, 15) is 4.79 Å². The summed E-state index contributed by atoms with van der Waals surface area (Å²) in [7, 11) is 1.60. The first-order valence-corrected chi connectivity index (χ1v) is 8.67. The summed E-state index contributed by atoms with van der Waals surface area (Å²) in [4.78, 5) is 14.5. The second-order valence-corrected chi connectivity index (χ2v) is 6.54. The largest absolute Gasteiger partial charge is 0.496 e. The molecule has 140 valence electrons. The van der Waals surface area contributed by atoms with Crippen LogP contribution in [-0.4, -0.2) is 26.1 Å². The van der Waals surface area contributed by atoms with Crippen LogP contribution in [0.5, 0.6) is 5.75 Å². The molecule has 0 saturated heterocycles. The van der Waals surface area contributed by atoms with E-state index < -0.39 is 0 Å². The predicted octanol–water partition coefficient (Wildman–Crippen LogP) is 3.42. The normalized spacial score (nSPS) is 12.8. The minimum Gasteiger partial charge on any atom is -0.496 e. The van der Waals surface area contributed by atoms with Crippen molar-refractivity contribution in [2.75, 3.05) is 30.8 Å². The van der Waals surface area contributed by atoms with Crippen LogP contribution in [0.2, 0.25) is 5.02 Å². The van der Waals surface area contributed by atoms with Crippen molar-refractivity contribution in [3.8, 4) is 5.75 Å². The Morgan fingerprint density at radius 2 is 2.15 bits per heavy atom. The van der Waals surface area contributed by atoms with Crippen LogP contribution in [0.4, 0.5) is 11.4 Å².